The molecule has 1 N–H and O–H groups in total. The van der Waals surface area contributed by atoms with Crippen LogP contribution in [0.2, 0.25) is 5.02 Å². The predicted molar refractivity (Wildman–Crippen MR) is 64.8 cm³/mol. The van der Waals surface area contributed by atoms with E-state index in [2.05, 4.69) is 9.59 Å². The summed E-state index contributed by atoms with van der Waals surface area (Å²) < 4.78 is 3.86. The van der Waals surface area contributed by atoms with Gasteiger partial charge in [-0.05, 0) is 35.6 Å². The third-order valence-corrected chi connectivity index (χ3v) is 3.39. The van der Waals surface area contributed by atoms with Crippen molar-refractivity contribution in [2.75, 3.05) is 0 Å². The molecular weight excluding hydrogens is 244 g/mol. The van der Waals surface area contributed by atoms with Gasteiger partial charge in [0.2, 0.25) is 0 Å². The smallest absolute Gasteiger partial charge is 0.117 e. The molecule has 3 nitrogen and oxygen atoms in total. The van der Waals surface area contributed by atoms with E-state index in [9.17, 15) is 5.11 Å². The van der Waals surface area contributed by atoms with Gasteiger partial charge < -0.3 is 5.11 Å². The molecule has 0 fully saturated rings. The van der Waals surface area contributed by atoms with E-state index in [-0.39, 0.29) is 0 Å². The second kappa shape index (κ2) is 4.91. The number of benzene rings is 1. The maximum atomic E-state index is 10.2. The van der Waals surface area contributed by atoms with E-state index >= 15 is 0 Å². The van der Waals surface area contributed by atoms with Crippen LogP contribution in [0.25, 0.3) is 0 Å². The Kier molecular flexibility index (Phi) is 3.53. The number of aliphatic hydroxyl groups is 1. The summed E-state index contributed by atoms with van der Waals surface area (Å²) in [6, 6.07) is 7.20. The van der Waals surface area contributed by atoms with E-state index in [0.29, 0.717) is 5.02 Å². The molecule has 2 rings (SSSR count). The molecule has 0 amide bonds. The fourth-order valence-corrected chi connectivity index (χ4v) is 2.45. The molecule has 1 atom stereocenters. The van der Waals surface area contributed by atoms with Crippen LogP contribution in [0.3, 0.4) is 0 Å². The monoisotopic (exact) mass is 254 g/mol. The largest absolute Gasteiger partial charge is 0.383 e. The van der Waals surface area contributed by atoms with Crippen molar-refractivity contribution in [2.24, 2.45) is 0 Å². The van der Waals surface area contributed by atoms with Crippen molar-refractivity contribution in [1.29, 1.82) is 0 Å². The summed E-state index contributed by atoms with van der Waals surface area (Å²) in [6.45, 7) is 1.99. The fraction of sp³-hybridized carbons (Fsp3) is 0.273. The van der Waals surface area contributed by atoms with Gasteiger partial charge in [-0.1, -0.05) is 35.1 Å². The molecule has 0 aliphatic heterocycles. The number of aryl methyl sites for hydroxylation is 1. The number of aromatic nitrogens is 2. The molecule has 0 radical (unpaired) electrons. The first-order valence-electron chi connectivity index (χ1n) is 4.97. The van der Waals surface area contributed by atoms with Crippen molar-refractivity contribution in [2.45, 2.75) is 19.4 Å². The number of aliphatic hydroxyl groups excluding tert-OH is 1. The second-order valence-electron chi connectivity index (χ2n) is 3.39. The van der Waals surface area contributed by atoms with Crippen molar-refractivity contribution >= 4 is 23.1 Å². The van der Waals surface area contributed by atoms with Crippen LogP contribution in [0.4, 0.5) is 0 Å². The van der Waals surface area contributed by atoms with Gasteiger partial charge in [0.1, 0.15) is 6.10 Å². The number of rotatable bonds is 3. The Morgan fingerprint density at radius 2 is 2.31 bits per heavy atom. The van der Waals surface area contributed by atoms with Crippen molar-refractivity contribution in [3.05, 3.63) is 45.4 Å². The summed E-state index contributed by atoms with van der Waals surface area (Å²) >= 11 is 7.11. The van der Waals surface area contributed by atoms with Gasteiger partial charge >= 0.3 is 0 Å². The van der Waals surface area contributed by atoms with Gasteiger partial charge in [-0.2, -0.15) is 0 Å². The first-order valence-corrected chi connectivity index (χ1v) is 6.12. The molecule has 1 aromatic heterocycles. The van der Waals surface area contributed by atoms with E-state index in [1.807, 2.05) is 19.1 Å². The molecule has 2 aromatic rings. The Bertz CT molecular complexity index is 486. The minimum absolute atomic E-state index is 0.618. The number of hydrogen-bond donors (Lipinski definition) is 1. The molecule has 0 aliphatic rings. The SMILES string of the molecule is CCc1nnsc1C(O)c1cccc(Cl)c1. The van der Waals surface area contributed by atoms with E-state index in [1.54, 1.807) is 12.1 Å². The van der Waals surface area contributed by atoms with Crippen LogP contribution >= 0.6 is 23.1 Å². The van der Waals surface area contributed by atoms with Gasteiger partial charge in [-0.3, -0.25) is 0 Å². The average molecular weight is 255 g/mol. The standard InChI is InChI=1S/C11H11ClN2OS/c1-2-9-11(16-14-13-9)10(15)7-4-3-5-8(12)6-7/h3-6,10,15H,2H2,1H3. The molecule has 0 saturated carbocycles. The highest BCUT2D eigenvalue weighted by Gasteiger charge is 2.17. The summed E-state index contributed by atoms with van der Waals surface area (Å²) in [4.78, 5) is 0.796. The lowest BCUT2D eigenvalue weighted by molar-refractivity contribution is 0.223. The zero-order chi connectivity index (χ0) is 11.5. The normalized spacial score (nSPS) is 12.7. The van der Waals surface area contributed by atoms with Crippen LogP contribution < -0.4 is 0 Å². The molecule has 0 saturated heterocycles. The topological polar surface area (TPSA) is 46.0 Å². The third kappa shape index (κ3) is 2.24. The van der Waals surface area contributed by atoms with Crippen molar-refractivity contribution in [1.82, 2.24) is 9.59 Å². The zero-order valence-corrected chi connectivity index (χ0v) is 10.3. The Labute approximate surface area is 103 Å². The number of halogens is 1. The zero-order valence-electron chi connectivity index (χ0n) is 8.72. The van der Waals surface area contributed by atoms with Crippen LogP contribution in [-0.2, 0) is 6.42 Å². The number of hydrogen-bond acceptors (Lipinski definition) is 4. The van der Waals surface area contributed by atoms with Gasteiger partial charge in [0.15, 0.2) is 0 Å². The van der Waals surface area contributed by atoms with Gasteiger partial charge in [0, 0.05) is 5.02 Å². The fourth-order valence-electron chi connectivity index (χ4n) is 1.50. The van der Waals surface area contributed by atoms with Crippen LogP contribution in [0.5, 0.6) is 0 Å². The van der Waals surface area contributed by atoms with Crippen molar-refractivity contribution in [3.8, 4) is 0 Å². The van der Waals surface area contributed by atoms with Crippen molar-refractivity contribution in [3.63, 3.8) is 0 Å². The first-order chi connectivity index (χ1) is 7.72. The van der Waals surface area contributed by atoms with E-state index in [4.69, 9.17) is 11.6 Å². The Morgan fingerprint density at radius 3 is 3.00 bits per heavy atom. The minimum Gasteiger partial charge on any atom is -0.383 e. The van der Waals surface area contributed by atoms with E-state index in [1.165, 1.54) is 11.5 Å². The second-order valence-corrected chi connectivity index (χ2v) is 4.62. The average Bonchev–Trinajstić information content (AvgIpc) is 2.76. The van der Waals surface area contributed by atoms with Gasteiger partial charge in [-0.15, -0.1) is 5.10 Å². The highest BCUT2D eigenvalue weighted by atomic mass is 35.5. The minimum atomic E-state index is -0.686. The van der Waals surface area contributed by atoms with Gasteiger partial charge in [0.25, 0.3) is 0 Å². The molecule has 1 heterocycles. The molecule has 84 valence electrons. The Hall–Kier alpha value is -0.970. The van der Waals surface area contributed by atoms with Crippen LogP contribution in [0, 0.1) is 0 Å². The highest BCUT2D eigenvalue weighted by Crippen LogP contribution is 2.28. The molecule has 1 unspecified atom stereocenters. The van der Waals surface area contributed by atoms with Gasteiger partial charge in [-0.25, -0.2) is 0 Å². The van der Waals surface area contributed by atoms with Crippen LogP contribution in [-0.4, -0.2) is 14.7 Å². The van der Waals surface area contributed by atoms with Gasteiger partial charge in [0.05, 0.1) is 10.6 Å². The summed E-state index contributed by atoms with van der Waals surface area (Å²) in [7, 11) is 0. The summed E-state index contributed by atoms with van der Waals surface area (Å²) in [5.41, 5.74) is 1.62. The molecular formula is C11H11ClN2OS. The number of nitrogens with zero attached hydrogens (tertiary/aromatic N) is 2. The molecule has 5 heteroatoms. The molecule has 0 spiro atoms. The van der Waals surface area contributed by atoms with Crippen LogP contribution in [0.15, 0.2) is 24.3 Å². The Balaban J connectivity index is 2.35. The lowest BCUT2D eigenvalue weighted by Crippen LogP contribution is -2.00. The molecule has 1 aromatic carbocycles. The quantitative estimate of drug-likeness (QED) is 0.916. The summed E-state index contributed by atoms with van der Waals surface area (Å²) in [6.07, 6.45) is 0.0809. The molecule has 16 heavy (non-hydrogen) atoms. The summed E-state index contributed by atoms with van der Waals surface area (Å²) in [5, 5.41) is 14.8. The van der Waals surface area contributed by atoms with E-state index in [0.717, 1.165) is 22.6 Å². The van der Waals surface area contributed by atoms with Crippen molar-refractivity contribution < 1.29 is 5.11 Å². The maximum absolute atomic E-state index is 10.2. The summed E-state index contributed by atoms with van der Waals surface area (Å²) in [5.74, 6) is 0. The molecule has 0 aliphatic carbocycles. The lowest BCUT2D eigenvalue weighted by atomic mass is 10.1. The predicted octanol–water partition coefficient (Wildman–Crippen LogP) is 2.84. The van der Waals surface area contributed by atoms with E-state index < -0.39 is 6.10 Å². The molecule has 0 bridgehead atoms. The maximum Gasteiger partial charge on any atom is 0.117 e. The lowest BCUT2D eigenvalue weighted by Gasteiger charge is -2.09. The highest BCUT2D eigenvalue weighted by molar-refractivity contribution is 7.05. The van der Waals surface area contributed by atoms with Crippen LogP contribution in [0.1, 0.15) is 29.2 Å². The first kappa shape index (κ1) is 11.5. The Morgan fingerprint density at radius 1 is 1.50 bits per heavy atom. The third-order valence-electron chi connectivity index (χ3n) is 2.33.